The molecule has 2 unspecified atom stereocenters. The van der Waals surface area contributed by atoms with Gasteiger partial charge in [0.1, 0.15) is 19.8 Å². The van der Waals surface area contributed by atoms with Gasteiger partial charge in [0.2, 0.25) is 0 Å². The van der Waals surface area contributed by atoms with Gasteiger partial charge < -0.3 is 27.9 Å². The Morgan fingerprint density at radius 2 is 0.659 bits per heavy atom. The molecule has 9 nitrogen and oxygen atoms in total. The van der Waals surface area contributed by atoms with Crippen LogP contribution in [0.25, 0.3) is 0 Å². The van der Waals surface area contributed by atoms with E-state index in [0.29, 0.717) is 17.4 Å². The molecule has 0 amide bonds. The topological polar surface area (TPSA) is 111 Å². The summed E-state index contributed by atoms with van der Waals surface area (Å²) >= 11 is 0. The molecule has 0 spiro atoms. The third kappa shape index (κ3) is 67.1. The maximum Gasteiger partial charge on any atom is 0.306 e. The van der Waals surface area contributed by atoms with Gasteiger partial charge in [0.25, 0.3) is 7.82 Å². The van der Waals surface area contributed by atoms with Gasteiger partial charge in [-0.15, -0.1) is 0 Å². The molecule has 0 aliphatic carbocycles. The van der Waals surface area contributed by atoms with Gasteiger partial charge in [0, 0.05) is 12.8 Å². The first-order valence-corrected chi connectivity index (χ1v) is 36.8. The number of phosphoric acid groups is 1. The molecular weight excluding hydrogens is 1040 g/mol. The second kappa shape index (κ2) is 63.5. The predicted octanol–water partition coefficient (Wildman–Crippen LogP) is 22.2. The summed E-state index contributed by atoms with van der Waals surface area (Å²) in [5, 5.41) is 0. The lowest BCUT2D eigenvalue weighted by atomic mass is 10.0. The van der Waals surface area contributed by atoms with Crippen molar-refractivity contribution in [3.8, 4) is 0 Å². The van der Waals surface area contributed by atoms with E-state index in [1.165, 1.54) is 270 Å². The van der Waals surface area contributed by atoms with E-state index in [1.54, 1.807) is 0 Å². The van der Waals surface area contributed by atoms with Crippen LogP contribution in [0.5, 0.6) is 0 Å². The Labute approximate surface area is 509 Å². The van der Waals surface area contributed by atoms with Crippen molar-refractivity contribution < 1.29 is 42.1 Å². The number of carbonyl (C=O) groups is 2. The van der Waals surface area contributed by atoms with Gasteiger partial charge in [-0.25, -0.2) is 0 Å². The molecule has 0 aromatic heterocycles. The number of carbonyl (C=O) groups excluding carboxylic acids is 2. The number of rotatable bonds is 66. The van der Waals surface area contributed by atoms with Crippen LogP contribution in [0, 0.1) is 0 Å². The molecule has 0 aromatic carbocycles. The molecule has 0 saturated carbocycles. The predicted molar refractivity (Wildman–Crippen MR) is 351 cm³/mol. The molecule has 482 valence electrons. The summed E-state index contributed by atoms with van der Waals surface area (Å²) in [5.74, 6) is -0.821. The minimum atomic E-state index is -4.64. The lowest BCUT2D eigenvalue weighted by Crippen LogP contribution is -2.37. The van der Waals surface area contributed by atoms with Gasteiger partial charge in [0.05, 0.1) is 27.7 Å². The van der Waals surface area contributed by atoms with E-state index in [1.807, 2.05) is 21.1 Å². The fraction of sp³-hybridized carbons (Fsp3) is 0.861. The van der Waals surface area contributed by atoms with Crippen LogP contribution in [-0.2, 0) is 32.7 Å². The molecule has 0 aliphatic rings. The van der Waals surface area contributed by atoms with Gasteiger partial charge in [0.15, 0.2) is 6.10 Å². The van der Waals surface area contributed by atoms with E-state index < -0.39 is 26.5 Å². The average molecular weight is 1170 g/mol. The standard InChI is InChI=1S/C72H136NO8P/c1-6-8-10-12-14-16-18-20-22-24-26-28-29-30-31-32-33-34-35-36-37-38-39-40-41-42-43-45-47-49-51-53-55-57-59-61-63-65-72(75)81-70(69-80-82(76,77)79-67-66-73(3,4)5)68-78-71(74)64-62-60-58-56-54-52-50-48-46-44-27-25-23-21-19-17-15-13-11-9-7-2/h18-21,24-27,70H,6-17,22-23,28-69H2,1-5H3/b20-18-,21-19-,26-24-,27-25-. The van der Waals surface area contributed by atoms with Crippen LogP contribution in [-0.4, -0.2) is 70.0 Å². The number of phosphoric ester groups is 1. The molecule has 0 rings (SSSR count). The molecule has 0 heterocycles. The lowest BCUT2D eigenvalue weighted by Gasteiger charge is -2.28. The van der Waals surface area contributed by atoms with Gasteiger partial charge in [-0.1, -0.05) is 306 Å². The first-order valence-electron chi connectivity index (χ1n) is 35.3. The van der Waals surface area contributed by atoms with Gasteiger partial charge in [-0.2, -0.15) is 0 Å². The minimum Gasteiger partial charge on any atom is -0.756 e. The van der Waals surface area contributed by atoms with Crippen LogP contribution >= 0.6 is 7.82 Å². The molecular formula is C72H136NO8P. The Morgan fingerprint density at radius 3 is 0.963 bits per heavy atom. The third-order valence-corrected chi connectivity index (χ3v) is 16.8. The Bertz CT molecular complexity index is 1520. The highest BCUT2D eigenvalue weighted by atomic mass is 31.2. The zero-order valence-corrected chi connectivity index (χ0v) is 55.8. The zero-order valence-electron chi connectivity index (χ0n) is 55.0. The number of esters is 2. The van der Waals surface area contributed by atoms with E-state index >= 15 is 0 Å². The number of likely N-dealkylation sites (N-methyl/N-ethyl adjacent to an activating group) is 1. The van der Waals surface area contributed by atoms with Crippen molar-refractivity contribution in [2.45, 2.75) is 354 Å². The Balaban J connectivity index is 3.95. The second-order valence-electron chi connectivity index (χ2n) is 25.2. The number of unbranched alkanes of at least 4 members (excludes halogenated alkanes) is 44. The van der Waals surface area contributed by atoms with Crippen LogP contribution in [0.3, 0.4) is 0 Å². The normalized spacial score (nSPS) is 13.4. The van der Waals surface area contributed by atoms with Gasteiger partial charge >= 0.3 is 11.9 Å². The Kier molecular flexibility index (Phi) is 61.9. The Hall–Kier alpha value is -2.03. The van der Waals surface area contributed by atoms with Gasteiger partial charge in [-0.05, 0) is 77.0 Å². The molecule has 0 N–H and O–H groups in total. The van der Waals surface area contributed by atoms with Crippen molar-refractivity contribution in [1.29, 1.82) is 0 Å². The maximum atomic E-state index is 12.9. The largest absolute Gasteiger partial charge is 0.756 e. The van der Waals surface area contributed by atoms with Crippen LogP contribution in [0.2, 0.25) is 0 Å². The highest BCUT2D eigenvalue weighted by Crippen LogP contribution is 2.38. The number of hydrogen-bond acceptors (Lipinski definition) is 8. The number of quaternary nitrogens is 1. The van der Waals surface area contributed by atoms with Crippen molar-refractivity contribution in [3.63, 3.8) is 0 Å². The maximum absolute atomic E-state index is 12.9. The summed E-state index contributed by atoms with van der Waals surface area (Å²) in [6, 6.07) is 0. The summed E-state index contributed by atoms with van der Waals surface area (Å²) in [5.41, 5.74) is 0. The average Bonchev–Trinajstić information content (AvgIpc) is 3.46. The molecule has 82 heavy (non-hydrogen) atoms. The first kappa shape index (κ1) is 80.0. The number of nitrogens with zero attached hydrogens (tertiary/aromatic N) is 1. The van der Waals surface area contributed by atoms with Crippen LogP contribution < -0.4 is 4.89 Å². The SMILES string of the molecule is CCCCCCC/C=C\C/C=C\CCCCCCCCCCCCCCCCCCCCCCCCCCCC(=O)OC(COC(=O)CCCCCCCCCCC/C=C\C/C=C\CCCCCCC)COP(=O)([O-])OCC[N+](C)(C)C. The van der Waals surface area contributed by atoms with Crippen LogP contribution in [0.4, 0.5) is 0 Å². The molecule has 2 atom stereocenters. The highest BCUT2D eigenvalue weighted by Gasteiger charge is 2.22. The molecule has 0 saturated heterocycles. The van der Waals surface area contributed by atoms with Crippen molar-refractivity contribution in [2.24, 2.45) is 0 Å². The summed E-state index contributed by atoms with van der Waals surface area (Å²) in [7, 11) is 1.18. The number of allylic oxidation sites excluding steroid dienone is 8. The molecule has 0 radical (unpaired) electrons. The minimum absolute atomic E-state index is 0.0300. The third-order valence-electron chi connectivity index (χ3n) is 15.8. The van der Waals surface area contributed by atoms with E-state index in [9.17, 15) is 19.0 Å². The van der Waals surface area contributed by atoms with E-state index in [2.05, 4.69) is 62.5 Å². The molecule has 0 bridgehead atoms. The number of ether oxygens (including phenoxy) is 2. The quantitative estimate of drug-likeness (QED) is 0.0195. The van der Waals surface area contributed by atoms with E-state index in [-0.39, 0.29) is 32.0 Å². The smallest absolute Gasteiger partial charge is 0.306 e. The summed E-state index contributed by atoms with van der Waals surface area (Å²) in [6.45, 7) is 4.27. The lowest BCUT2D eigenvalue weighted by molar-refractivity contribution is -0.870. The first-order chi connectivity index (χ1) is 40.0. The monoisotopic (exact) mass is 1170 g/mol. The van der Waals surface area contributed by atoms with Crippen molar-refractivity contribution in [1.82, 2.24) is 0 Å². The van der Waals surface area contributed by atoms with Crippen LogP contribution in [0.15, 0.2) is 48.6 Å². The fourth-order valence-corrected chi connectivity index (χ4v) is 11.1. The molecule has 10 heteroatoms. The van der Waals surface area contributed by atoms with E-state index in [4.69, 9.17) is 18.5 Å². The van der Waals surface area contributed by atoms with Crippen molar-refractivity contribution >= 4 is 19.8 Å². The molecule has 0 aliphatic heterocycles. The highest BCUT2D eigenvalue weighted by molar-refractivity contribution is 7.45. The summed E-state index contributed by atoms with van der Waals surface area (Å²) < 4.78 is 34.3. The molecule has 0 fully saturated rings. The number of hydrogen-bond donors (Lipinski definition) is 0. The summed E-state index contributed by atoms with van der Waals surface area (Å²) in [6.07, 6.45) is 82.0. The van der Waals surface area contributed by atoms with Gasteiger partial charge in [-0.3, -0.25) is 14.2 Å². The Morgan fingerprint density at radius 1 is 0.378 bits per heavy atom. The van der Waals surface area contributed by atoms with Crippen molar-refractivity contribution in [3.05, 3.63) is 48.6 Å². The molecule has 0 aromatic rings. The van der Waals surface area contributed by atoms with Crippen molar-refractivity contribution in [2.75, 3.05) is 47.5 Å². The fourth-order valence-electron chi connectivity index (χ4n) is 10.4. The van der Waals surface area contributed by atoms with Crippen LogP contribution in [0.1, 0.15) is 348 Å². The van der Waals surface area contributed by atoms with E-state index in [0.717, 1.165) is 44.9 Å². The second-order valence-corrected chi connectivity index (χ2v) is 26.7. The summed E-state index contributed by atoms with van der Waals surface area (Å²) in [4.78, 5) is 38.0. The zero-order chi connectivity index (χ0) is 59.8.